The predicted octanol–water partition coefficient (Wildman–Crippen LogP) is 4.27. The average molecular weight is 281 g/mol. The summed E-state index contributed by atoms with van der Waals surface area (Å²) in [5, 5.41) is 8.12. The minimum atomic E-state index is 0.705. The molecule has 86 valence electrons. The van der Waals surface area contributed by atoms with E-state index in [2.05, 4.69) is 21.0 Å². The second-order valence-electron chi connectivity index (χ2n) is 3.85. The van der Waals surface area contributed by atoms with Crippen LogP contribution in [0.2, 0.25) is 5.02 Å². The zero-order chi connectivity index (χ0) is 12.0. The van der Waals surface area contributed by atoms with Gasteiger partial charge in [-0.3, -0.25) is 0 Å². The van der Waals surface area contributed by atoms with Crippen LogP contribution in [0.4, 0.5) is 17.1 Å². The molecule has 0 aliphatic carbocycles. The molecule has 0 radical (unpaired) electrons. The van der Waals surface area contributed by atoms with Crippen molar-refractivity contribution in [3.8, 4) is 0 Å². The van der Waals surface area contributed by atoms with Crippen molar-refractivity contribution < 1.29 is 0 Å². The third kappa shape index (κ3) is 1.73. The second kappa shape index (κ2) is 3.98. The van der Waals surface area contributed by atoms with Crippen molar-refractivity contribution in [3.63, 3.8) is 0 Å². The topological polar surface area (TPSA) is 15.3 Å². The molecule has 1 aromatic carbocycles. The molecular formula is C12H9ClN2S2. The molecule has 17 heavy (non-hydrogen) atoms. The number of thiocarbonyl (C=S) groups is 1. The molecule has 0 bridgehead atoms. The van der Waals surface area contributed by atoms with Gasteiger partial charge in [0.05, 0.1) is 17.1 Å². The minimum Gasteiger partial charge on any atom is -0.344 e. The molecule has 1 N–H and O–H groups in total. The van der Waals surface area contributed by atoms with Crippen molar-refractivity contribution in [2.24, 2.45) is 0 Å². The number of fused-ring (bicyclic) bond motifs is 2. The van der Waals surface area contributed by atoms with Gasteiger partial charge >= 0.3 is 0 Å². The van der Waals surface area contributed by atoms with Gasteiger partial charge in [0, 0.05) is 28.4 Å². The maximum Gasteiger partial charge on any atom is 0.114 e. The normalized spacial score (nSPS) is 13.8. The Morgan fingerprint density at radius 1 is 1.29 bits per heavy atom. The minimum absolute atomic E-state index is 0.705. The second-order valence-corrected chi connectivity index (χ2v) is 5.43. The van der Waals surface area contributed by atoms with Gasteiger partial charge in [0.25, 0.3) is 0 Å². The quantitative estimate of drug-likeness (QED) is 0.726. The highest BCUT2D eigenvalue weighted by Gasteiger charge is 2.21. The standard InChI is InChI=1S/C12H9ClN2S2/c1-15-10-3-2-7(13)4-9(10)14-12(16)8-5-17-6-11(8)15/h2-6H,1H3,(H,14,16). The maximum atomic E-state index is 6.01. The maximum absolute atomic E-state index is 6.01. The Bertz CT molecular complexity index is 606. The van der Waals surface area contributed by atoms with Crippen LogP contribution in [0.3, 0.4) is 0 Å². The van der Waals surface area contributed by atoms with E-state index in [-0.39, 0.29) is 0 Å². The number of benzene rings is 1. The third-order valence-electron chi connectivity index (χ3n) is 2.82. The predicted molar refractivity (Wildman–Crippen MR) is 79.2 cm³/mol. The summed E-state index contributed by atoms with van der Waals surface area (Å²) in [6, 6.07) is 5.79. The number of anilines is 3. The van der Waals surface area contributed by atoms with E-state index in [0.717, 1.165) is 27.6 Å². The lowest BCUT2D eigenvalue weighted by Gasteiger charge is -2.19. The van der Waals surface area contributed by atoms with Crippen molar-refractivity contribution in [1.82, 2.24) is 0 Å². The molecule has 1 aromatic heterocycles. The molecule has 2 nitrogen and oxygen atoms in total. The largest absolute Gasteiger partial charge is 0.344 e. The van der Waals surface area contributed by atoms with E-state index in [1.807, 2.05) is 25.2 Å². The van der Waals surface area contributed by atoms with Crippen LogP contribution in [0.15, 0.2) is 29.0 Å². The Morgan fingerprint density at radius 2 is 2.12 bits per heavy atom. The van der Waals surface area contributed by atoms with Gasteiger partial charge in [-0.1, -0.05) is 23.8 Å². The van der Waals surface area contributed by atoms with Crippen LogP contribution >= 0.6 is 35.2 Å². The van der Waals surface area contributed by atoms with Gasteiger partial charge in [0.2, 0.25) is 0 Å². The number of hydrogen-bond acceptors (Lipinski definition) is 3. The molecule has 2 heterocycles. The molecule has 1 aliphatic rings. The number of nitrogens with one attached hydrogen (secondary N) is 1. The van der Waals surface area contributed by atoms with Crippen molar-refractivity contribution in [1.29, 1.82) is 0 Å². The molecule has 5 heteroatoms. The van der Waals surface area contributed by atoms with Crippen LogP contribution in [-0.4, -0.2) is 12.0 Å². The van der Waals surface area contributed by atoms with Gasteiger partial charge in [-0.05, 0) is 18.2 Å². The van der Waals surface area contributed by atoms with Crippen LogP contribution in [0.1, 0.15) is 5.56 Å². The molecule has 0 atom stereocenters. The number of rotatable bonds is 0. The number of halogens is 1. The van der Waals surface area contributed by atoms with Crippen LogP contribution in [-0.2, 0) is 0 Å². The molecule has 0 unspecified atom stereocenters. The first-order valence-corrected chi connectivity index (χ1v) is 6.80. The number of nitrogens with zero attached hydrogens (tertiary/aromatic N) is 1. The Labute approximate surface area is 114 Å². The summed E-state index contributed by atoms with van der Waals surface area (Å²) in [6.45, 7) is 0. The lowest BCUT2D eigenvalue weighted by Crippen LogP contribution is -2.09. The fourth-order valence-electron chi connectivity index (χ4n) is 1.94. The van der Waals surface area contributed by atoms with E-state index < -0.39 is 0 Å². The van der Waals surface area contributed by atoms with Crippen molar-refractivity contribution in [3.05, 3.63) is 39.5 Å². The Hall–Kier alpha value is -1.10. The lowest BCUT2D eigenvalue weighted by molar-refractivity contribution is 1.23. The Morgan fingerprint density at radius 3 is 2.94 bits per heavy atom. The summed E-state index contributed by atoms with van der Waals surface area (Å²) in [4.78, 5) is 2.87. The summed E-state index contributed by atoms with van der Waals surface area (Å²) in [5.74, 6) is 0. The lowest BCUT2D eigenvalue weighted by atomic mass is 10.2. The van der Waals surface area contributed by atoms with Crippen molar-refractivity contribution in [2.75, 3.05) is 17.3 Å². The van der Waals surface area contributed by atoms with Gasteiger partial charge in [0.15, 0.2) is 0 Å². The Balaban J connectivity index is 2.23. The first kappa shape index (κ1) is 11.0. The van der Waals surface area contributed by atoms with Crippen LogP contribution in [0.25, 0.3) is 0 Å². The molecule has 1 aliphatic heterocycles. The smallest absolute Gasteiger partial charge is 0.114 e. The van der Waals surface area contributed by atoms with Crippen molar-refractivity contribution >= 4 is 57.2 Å². The highest BCUT2D eigenvalue weighted by atomic mass is 35.5. The average Bonchev–Trinajstić information content (AvgIpc) is 2.74. The molecule has 2 aromatic rings. The molecule has 0 saturated carbocycles. The highest BCUT2D eigenvalue weighted by molar-refractivity contribution is 7.81. The van der Waals surface area contributed by atoms with E-state index in [9.17, 15) is 0 Å². The van der Waals surface area contributed by atoms with Gasteiger partial charge in [0.1, 0.15) is 4.99 Å². The summed E-state index contributed by atoms with van der Waals surface area (Å²) in [5.41, 5.74) is 4.23. The molecule has 0 saturated heterocycles. The first-order valence-electron chi connectivity index (χ1n) is 5.07. The van der Waals surface area contributed by atoms with Crippen LogP contribution < -0.4 is 10.2 Å². The van der Waals surface area contributed by atoms with Crippen LogP contribution in [0.5, 0.6) is 0 Å². The van der Waals surface area contributed by atoms with Gasteiger partial charge < -0.3 is 10.2 Å². The van der Waals surface area contributed by atoms with E-state index in [0.29, 0.717) is 5.02 Å². The van der Waals surface area contributed by atoms with E-state index in [1.165, 1.54) is 0 Å². The van der Waals surface area contributed by atoms with Gasteiger partial charge in [-0.25, -0.2) is 0 Å². The van der Waals surface area contributed by atoms with Gasteiger partial charge in [-0.15, -0.1) is 11.3 Å². The molecule has 0 amide bonds. The molecule has 3 rings (SSSR count). The molecule has 0 fully saturated rings. The summed E-state index contributed by atoms with van der Waals surface area (Å²) >= 11 is 13.1. The number of thiophene rings is 1. The zero-order valence-electron chi connectivity index (χ0n) is 9.03. The summed E-state index contributed by atoms with van der Waals surface area (Å²) in [7, 11) is 2.04. The van der Waals surface area contributed by atoms with E-state index >= 15 is 0 Å². The third-order valence-corrected chi connectivity index (χ3v) is 4.10. The van der Waals surface area contributed by atoms with E-state index in [1.54, 1.807) is 11.3 Å². The monoisotopic (exact) mass is 280 g/mol. The highest BCUT2D eigenvalue weighted by Crippen LogP contribution is 2.39. The van der Waals surface area contributed by atoms with E-state index in [4.69, 9.17) is 23.8 Å². The van der Waals surface area contributed by atoms with Crippen LogP contribution in [0, 0.1) is 0 Å². The molecular weight excluding hydrogens is 272 g/mol. The summed E-state index contributed by atoms with van der Waals surface area (Å²) < 4.78 is 0. The number of hydrogen-bond donors (Lipinski definition) is 1. The Kier molecular flexibility index (Phi) is 2.58. The SMILES string of the molecule is CN1c2ccc(Cl)cc2NC(=S)c2cscc21. The van der Waals surface area contributed by atoms with Crippen molar-refractivity contribution in [2.45, 2.75) is 0 Å². The molecule has 0 spiro atoms. The zero-order valence-corrected chi connectivity index (χ0v) is 11.4. The van der Waals surface area contributed by atoms with Gasteiger partial charge in [-0.2, -0.15) is 0 Å². The fraction of sp³-hybridized carbons (Fsp3) is 0.0833. The summed E-state index contributed by atoms with van der Waals surface area (Å²) in [6.07, 6.45) is 0. The first-order chi connectivity index (χ1) is 8.16. The fourth-order valence-corrected chi connectivity index (χ4v) is 3.32.